The summed E-state index contributed by atoms with van der Waals surface area (Å²) in [6, 6.07) is 8.36. The van der Waals surface area contributed by atoms with Gasteiger partial charge < -0.3 is 20.1 Å². The van der Waals surface area contributed by atoms with Gasteiger partial charge in [0.2, 0.25) is 0 Å². The lowest BCUT2D eigenvalue weighted by molar-refractivity contribution is 0.0171. The number of guanidine groups is 1. The summed E-state index contributed by atoms with van der Waals surface area (Å²) in [5.41, 5.74) is 0. The molecule has 1 aliphatic rings. The number of benzene rings is 1. The zero-order valence-electron chi connectivity index (χ0n) is 18.0. The van der Waals surface area contributed by atoms with E-state index in [9.17, 15) is 8.42 Å². The topological polar surface area (TPSA) is 89.0 Å². The van der Waals surface area contributed by atoms with Gasteiger partial charge in [-0.25, -0.2) is 8.42 Å². The second-order valence-electron chi connectivity index (χ2n) is 7.17. The van der Waals surface area contributed by atoms with E-state index >= 15 is 0 Å². The number of hydrogen-bond acceptors (Lipinski definition) is 5. The predicted molar refractivity (Wildman–Crippen MR) is 132 cm³/mol. The molecule has 0 saturated carbocycles. The highest BCUT2D eigenvalue weighted by molar-refractivity contribution is 14.0. The lowest BCUT2D eigenvalue weighted by Crippen LogP contribution is -2.46. The summed E-state index contributed by atoms with van der Waals surface area (Å²) in [4.78, 5) is 4.91. The molecule has 7 nitrogen and oxygen atoms in total. The molecular weight excluding hydrogens is 517 g/mol. The minimum Gasteiger partial charge on any atom is -0.379 e. The molecule has 1 aromatic carbocycles. The van der Waals surface area contributed by atoms with Crippen LogP contribution in [0.1, 0.15) is 39.5 Å². The van der Waals surface area contributed by atoms with E-state index < -0.39 is 9.84 Å². The minimum absolute atomic E-state index is 0. The highest BCUT2D eigenvalue weighted by Crippen LogP contribution is 2.13. The van der Waals surface area contributed by atoms with Gasteiger partial charge in [0, 0.05) is 32.3 Å². The highest BCUT2D eigenvalue weighted by atomic mass is 127. The Balaban J connectivity index is 0.00000450. The van der Waals surface area contributed by atoms with E-state index in [4.69, 9.17) is 9.47 Å². The smallest absolute Gasteiger partial charge is 0.191 e. The van der Waals surface area contributed by atoms with Crippen LogP contribution in [0.15, 0.2) is 40.2 Å². The molecule has 0 amide bonds. The van der Waals surface area contributed by atoms with E-state index in [-0.39, 0.29) is 41.9 Å². The Morgan fingerprint density at radius 2 is 2.07 bits per heavy atom. The van der Waals surface area contributed by atoms with Crippen molar-refractivity contribution in [2.75, 3.05) is 38.7 Å². The van der Waals surface area contributed by atoms with Crippen LogP contribution in [0.25, 0.3) is 0 Å². The summed E-state index contributed by atoms with van der Waals surface area (Å²) in [5, 5.41) is 6.46. The maximum atomic E-state index is 12.7. The maximum absolute atomic E-state index is 12.7. The Morgan fingerprint density at radius 1 is 1.30 bits per heavy atom. The van der Waals surface area contributed by atoms with Gasteiger partial charge in [-0.1, -0.05) is 25.1 Å². The largest absolute Gasteiger partial charge is 0.379 e. The molecule has 2 unspecified atom stereocenters. The van der Waals surface area contributed by atoms with Crippen LogP contribution >= 0.6 is 24.0 Å². The molecule has 0 aromatic heterocycles. The first-order valence-corrected chi connectivity index (χ1v) is 12.2. The summed E-state index contributed by atoms with van der Waals surface area (Å²) in [5.74, 6) is 0.671. The fourth-order valence-electron chi connectivity index (χ4n) is 3.11. The lowest BCUT2D eigenvalue weighted by atomic mass is 10.2. The van der Waals surface area contributed by atoms with Crippen LogP contribution in [0.4, 0.5) is 0 Å². The van der Waals surface area contributed by atoms with Crippen LogP contribution in [-0.2, 0) is 19.3 Å². The molecule has 2 atom stereocenters. The van der Waals surface area contributed by atoms with Gasteiger partial charge in [-0.15, -0.1) is 24.0 Å². The second kappa shape index (κ2) is 15.0. The molecule has 9 heteroatoms. The number of ether oxygens (including phenoxy) is 2. The van der Waals surface area contributed by atoms with Crippen molar-refractivity contribution in [1.29, 1.82) is 0 Å². The summed E-state index contributed by atoms with van der Waals surface area (Å²) in [6.07, 6.45) is 3.93. The fraction of sp³-hybridized carbons (Fsp3) is 0.667. The number of nitrogens with one attached hydrogen (secondary N) is 2. The van der Waals surface area contributed by atoms with Crippen molar-refractivity contribution in [2.45, 2.75) is 56.6 Å². The third-order valence-electron chi connectivity index (χ3n) is 4.75. The van der Waals surface area contributed by atoms with Crippen LogP contribution in [0.2, 0.25) is 0 Å². The van der Waals surface area contributed by atoms with E-state index in [2.05, 4.69) is 15.6 Å². The summed E-state index contributed by atoms with van der Waals surface area (Å²) in [7, 11) is -3.35. The third-order valence-corrected chi connectivity index (χ3v) is 6.58. The summed E-state index contributed by atoms with van der Waals surface area (Å²) < 4.78 is 36.5. The van der Waals surface area contributed by atoms with Gasteiger partial charge in [0.1, 0.15) is 0 Å². The van der Waals surface area contributed by atoms with Crippen LogP contribution in [0, 0.1) is 0 Å². The first-order chi connectivity index (χ1) is 14.0. The first-order valence-electron chi connectivity index (χ1n) is 10.6. The number of sulfone groups is 1. The van der Waals surface area contributed by atoms with Crippen LogP contribution in [0.5, 0.6) is 0 Å². The summed E-state index contributed by atoms with van der Waals surface area (Å²) in [6.45, 7) is 7.42. The van der Waals surface area contributed by atoms with E-state index in [0.29, 0.717) is 43.6 Å². The van der Waals surface area contributed by atoms with E-state index in [0.717, 1.165) is 25.9 Å². The third kappa shape index (κ3) is 9.93. The highest BCUT2D eigenvalue weighted by Gasteiger charge is 2.21. The van der Waals surface area contributed by atoms with Crippen LogP contribution in [0.3, 0.4) is 0 Å². The molecule has 2 N–H and O–H groups in total. The molecule has 30 heavy (non-hydrogen) atoms. The lowest BCUT2D eigenvalue weighted by Gasteiger charge is -2.20. The number of halogens is 1. The average Bonchev–Trinajstić information content (AvgIpc) is 3.24. The number of nitrogens with zero attached hydrogens (tertiary/aromatic N) is 1. The molecule has 1 fully saturated rings. The molecule has 0 bridgehead atoms. The van der Waals surface area contributed by atoms with Gasteiger partial charge in [0.05, 0.1) is 23.4 Å². The van der Waals surface area contributed by atoms with Crippen molar-refractivity contribution in [3.63, 3.8) is 0 Å². The van der Waals surface area contributed by atoms with Gasteiger partial charge in [-0.05, 0) is 44.7 Å². The van der Waals surface area contributed by atoms with E-state index in [1.165, 1.54) is 0 Å². The Hall–Kier alpha value is -0.910. The second-order valence-corrected chi connectivity index (χ2v) is 9.20. The molecule has 0 aliphatic carbocycles. The Morgan fingerprint density at radius 3 is 2.70 bits per heavy atom. The van der Waals surface area contributed by atoms with E-state index in [1.54, 1.807) is 24.3 Å². The molecule has 1 aromatic rings. The minimum atomic E-state index is -3.35. The van der Waals surface area contributed by atoms with Crippen molar-refractivity contribution >= 4 is 39.8 Å². The van der Waals surface area contributed by atoms with Gasteiger partial charge in [-0.3, -0.25) is 4.99 Å². The number of rotatable bonds is 12. The molecular formula is C21H36IN3O4S. The molecule has 1 aliphatic heterocycles. The quantitative estimate of drug-likeness (QED) is 0.179. The van der Waals surface area contributed by atoms with Crippen molar-refractivity contribution in [1.82, 2.24) is 10.6 Å². The van der Waals surface area contributed by atoms with Gasteiger partial charge in [-0.2, -0.15) is 0 Å². The zero-order chi connectivity index (χ0) is 21.0. The normalized spacial score (nSPS) is 17.9. The van der Waals surface area contributed by atoms with Crippen molar-refractivity contribution in [3.8, 4) is 0 Å². The number of hydrogen-bond donors (Lipinski definition) is 2. The van der Waals surface area contributed by atoms with E-state index in [1.807, 2.05) is 19.9 Å². The van der Waals surface area contributed by atoms with Gasteiger partial charge >= 0.3 is 0 Å². The fourth-order valence-corrected chi connectivity index (χ4v) is 4.72. The Kier molecular flexibility index (Phi) is 13.5. The Labute approximate surface area is 198 Å². The van der Waals surface area contributed by atoms with Gasteiger partial charge in [0.25, 0.3) is 0 Å². The molecule has 1 saturated heterocycles. The Bertz CT molecular complexity index is 710. The monoisotopic (exact) mass is 553 g/mol. The predicted octanol–water partition coefficient (Wildman–Crippen LogP) is 3.00. The molecule has 0 radical (unpaired) electrons. The molecule has 1 heterocycles. The molecule has 2 rings (SSSR count). The number of aliphatic imine (C=N–C) groups is 1. The average molecular weight is 554 g/mol. The van der Waals surface area contributed by atoms with Crippen molar-refractivity contribution in [3.05, 3.63) is 30.3 Å². The SMILES string of the molecule is CCNC(=NCCCOCC1CCCO1)NC(CC)CS(=O)(=O)c1ccccc1.I. The van der Waals surface area contributed by atoms with Crippen LogP contribution < -0.4 is 10.6 Å². The first kappa shape index (κ1) is 27.1. The zero-order valence-corrected chi connectivity index (χ0v) is 21.2. The van der Waals surface area contributed by atoms with Gasteiger partial charge in [0.15, 0.2) is 15.8 Å². The summed E-state index contributed by atoms with van der Waals surface area (Å²) >= 11 is 0. The van der Waals surface area contributed by atoms with Crippen molar-refractivity contribution < 1.29 is 17.9 Å². The standard InChI is InChI=1S/C21H35N3O4S.HI/c1-3-18(17-29(25,26)20-11-6-5-7-12-20)24-21(22-4-2)23-13-9-14-27-16-19-10-8-15-28-19;/h5-7,11-12,18-19H,3-4,8-10,13-17H2,1-2H3,(H2,22,23,24);1H. The van der Waals surface area contributed by atoms with Crippen LogP contribution in [-0.4, -0.2) is 65.2 Å². The van der Waals surface area contributed by atoms with Crippen molar-refractivity contribution in [2.24, 2.45) is 4.99 Å². The molecule has 0 spiro atoms. The maximum Gasteiger partial charge on any atom is 0.191 e. The molecule has 172 valence electrons.